The van der Waals surface area contributed by atoms with Gasteiger partial charge in [0.1, 0.15) is 11.1 Å². The van der Waals surface area contributed by atoms with Crippen LogP contribution in [0.5, 0.6) is 0 Å². The van der Waals surface area contributed by atoms with Crippen molar-refractivity contribution in [3.63, 3.8) is 0 Å². The Morgan fingerprint density at radius 2 is 0.840 bits per heavy atom. The van der Waals surface area contributed by atoms with Gasteiger partial charge in [0.25, 0.3) is 23.7 Å². The number of rotatable bonds is 22. The summed E-state index contributed by atoms with van der Waals surface area (Å²) in [4.78, 5) is 103. The molecular weight excluding hydrogens is 1600 g/mol. The molecule has 10 N–H and O–H groups in total. The Labute approximate surface area is 730 Å². The fourth-order valence-corrected chi connectivity index (χ4v) is 16.3. The zero-order valence-electron chi connectivity index (χ0n) is 71.0. The maximum absolute atomic E-state index is 14.0. The topological polar surface area (TPSA) is 293 Å². The predicted molar refractivity (Wildman–Crippen MR) is 485 cm³/mol. The van der Waals surface area contributed by atoms with Crippen molar-refractivity contribution >= 4 is 76.6 Å². The summed E-state index contributed by atoms with van der Waals surface area (Å²) < 4.78 is 54.4. The molecule has 4 heterocycles. The first-order valence-corrected chi connectivity index (χ1v) is 41.5. The second kappa shape index (κ2) is 38.3. The molecular formula is C100H101ClF4N14O6. The van der Waals surface area contributed by atoms with E-state index >= 15 is 0 Å². The van der Waals surface area contributed by atoms with Gasteiger partial charge in [0, 0.05) is 68.4 Å². The van der Waals surface area contributed by atoms with E-state index in [-0.39, 0.29) is 77.0 Å². The maximum atomic E-state index is 14.0. The van der Waals surface area contributed by atoms with Crippen LogP contribution in [-0.4, -0.2) is 106 Å². The molecule has 0 saturated carbocycles. The zero-order chi connectivity index (χ0) is 89.8. The number of hydrogen-bond acceptors (Lipinski definition) is 14. The molecule has 125 heavy (non-hydrogen) atoms. The number of hydrogen-bond donors (Lipinski definition) is 6. The number of likely N-dealkylation sites (N-methyl/N-ethyl adjacent to an activating group) is 2. The van der Waals surface area contributed by atoms with Crippen LogP contribution in [-0.2, 0) is 72.6 Å². The van der Waals surface area contributed by atoms with Gasteiger partial charge in [-0.15, -0.1) is 0 Å². The third-order valence-electron chi connectivity index (χ3n) is 23.1. The zero-order valence-corrected chi connectivity index (χ0v) is 71.8. The molecule has 0 aromatic heterocycles. The van der Waals surface area contributed by atoms with Gasteiger partial charge in [0.2, 0.25) is 11.8 Å². The van der Waals surface area contributed by atoms with Gasteiger partial charge in [-0.05, 0) is 143 Å². The Balaban J connectivity index is 0.000000153. The van der Waals surface area contributed by atoms with Crippen molar-refractivity contribution in [2.45, 2.75) is 127 Å². The molecule has 0 radical (unpaired) electrons. The van der Waals surface area contributed by atoms with Gasteiger partial charge in [-0.1, -0.05) is 292 Å². The van der Waals surface area contributed by atoms with Crippen molar-refractivity contribution in [1.29, 1.82) is 0 Å². The van der Waals surface area contributed by atoms with Crippen molar-refractivity contribution < 1.29 is 46.3 Å². The van der Waals surface area contributed by atoms with Gasteiger partial charge in [-0.2, -0.15) is 0 Å². The van der Waals surface area contributed by atoms with Crippen LogP contribution in [0.4, 0.5) is 28.0 Å². The van der Waals surface area contributed by atoms with Crippen LogP contribution in [0.25, 0.3) is 11.1 Å². The van der Waals surface area contributed by atoms with Gasteiger partial charge in [0.05, 0.1) is 18.4 Å². The first kappa shape index (κ1) is 90.4. The van der Waals surface area contributed by atoms with Crippen molar-refractivity contribution in [2.75, 3.05) is 32.5 Å². The summed E-state index contributed by atoms with van der Waals surface area (Å²) in [6.45, 7) is 12.3. The molecule has 25 heteroatoms. The lowest BCUT2D eigenvalue weighted by atomic mass is 9.74. The monoisotopic (exact) mass is 1700 g/mol. The average Bonchev–Trinajstić information content (AvgIpc) is 1.73. The molecule has 0 fully saturated rings. The second-order valence-corrected chi connectivity index (χ2v) is 32.0. The minimum Gasteiger partial charge on any atom is -0.369 e. The third kappa shape index (κ3) is 19.5. The summed E-state index contributed by atoms with van der Waals surface area (Å²) in [6.07, 6.45) is 3.02. The molecule has 4 atom stereocenters. The number of benzene rings is 11. The van der Waals surface area contributed by atoms with Crippen LogP contribution in [0.3, 0.4) is 0 Å². The third-order valence-corrected chi connectivity index (χ3v) is 23.3. The summed E-state index contributed by atoms with van der Waals surface area (Å²) in [5.74, 6) is -7.34. The van der Waals surface area contributed by atoms with Gasteiger partial charge in [-0.25, -0.2) is 42.3 Å². The largest absolute Gasteiger partial charge is 0.369 e. The number of halogens is 5. The second-order valence-electron chi connectivity index (χ2n) is 31.6. The highest BCUT2D eigenvalue weighted by Crippen LogP contribution is 2.48. The first-order chi connectivity index (χ1) is 59.7. The van der Waals surface area contributed by atoms with E-state index in [9.17, 15) is 46.3 Å². The van der Waals surface area contributed by atoms with E-state index in [2.05, 4.69) is 39.5 Å². The molecule has 642 valence electrons. The van der Waals surface area contributed by atoms with E-state index in [1.807, 2.05) is 232 Å². The Bertz CT molecular complexity index is 5640. The number of nitrogens with zero attached hydrogens (tertiary/aromatic N) is 8. The molecule has 0 spiro atoms. The number of alkyl halides is 4. The van der Waals surface area contributed by atoms with Crippen molar-refractivity contribution in [3.05, 3.63) is 374 Å². The number of anilines is 1. The molecule has 4 aliphatic rings. The Morgan fingerprint density at radius 1 is 0.448 bits per heavy atom. The maximum Gasteiger partial charge on any atom is 0.319 e. The molecule has 0 bridgehead atoms. The van der Waals surface area contributed by atoms with Crippen LogP contribution in [0, 0.1) is 0 Å². The number of aliphatic imine (C=N–C) groups is 4. The highest BCUT2D eigenvalue weighted by molar-refractivity contribution is 6.31. The highest BCUT2D eigenvalue weighted by Gasteiger charge is 2.53. The number of amides is 6. The lowest BCUT2D eigenvalue weighted by Crippen LogP contribution is -2.52. The van der Waals surface area contributed by atoms with Crippen LogP contribution in [0.2, 0.25) is 5.02 Å². The minimum atomic E-state index is -2.94. The number of urea groups is 1. The number of nitrogens with two attached hydrogens (primary N) is 4. The SMILES string of the molecule is CC(=O)c1ccccc1-c1cccc(CN2C(=O)C(c3ccccc3)(c3ccccc3)N=C2N)c1.CCc1cccc([C@@]2(C)N=C(N)N(C)C(=O)[C@@H]2c2ccc(C(C)(F)F)cc2)c1.CCc1cccc([C@@]2(C)N=C(N)N(C)C(=O)[C@H]2c2ccc(C(C)(F)F)cc2)c1.NC1=NC(c2ccccc2)(c2ccccc2)C(=O)N1CCCCNC(=O)Nc1cccc(Cl)c1. The van der Waals surface area contributed by atoms with Crippen LogP contribution >= 0.6 is 11.6 Å². The molecule has 4 aliphatic heterocycles. The highest BCUT2D eigenvalue weighted by atomic mass is 35.5. The molecule has 11 aromatic carbocycles. The van der Waals surface area contributed by atoms with Crippen LogP contribution in [0.1, 0.15) is 156 Å². The number of unbranched alkanes of at least 4 members (excludes halogenated alkanes) is 1. The number of Topliss-reactive ketones (excluding diaryl/α,β-unsaturated/α-hetero) is 1. The molecule has 15 rings (SSSR count). The van der Waals surface area contributed by atoms with Crippen molar-refractivity contribution in [2.24, 2.45) is 42.9 Å². The quantitative estimate of drug-likeness (QED) is 0.0212. The summed E-state index contributed by atoms with van der Waals surface area (Å²) in [7, 11) is 3.15. The average molecular weight is 1710 g/mol. The molecule has 20 nitrogen and oxygen atoms in total. The lowest BCUT2D eigenvalue weighted by Gasteiger charge is -2.41. The number of guanidine groups is 4. The van der Waals surface area contributed by atoms with E-state index in [1.165, 1.54) is 43.9 Å². The van der Waals surface area contributed by atoms with E-state index in [1.54, 1.807) is 69.6 Å². The first-order valence-electron chi connectivity index (χ1n) is 41.1. The van der Waals surface area contributed by atoms with E-state index in [0.717, 1.165) is 87.9 Å². The molecule has 6 amide bonds. The van der Waals surface area contributed by atoms with E-state index < -0.39 is 45.8 Å². The number of nitrogens with one attached hydrogen (secondary N) is 2. The number of carbonyl (C=O) groups excluding carboxylic acids is 6. The Hall–Kier alpha value is -13.9. The smallest absolute Gasteiger partial charge is 0.319 e. The standard InChI is InChI=1S/C30H25N3O2.C26H26ClN5O2.2C22H25F2N3O/c1-21(34)26-17-8-9-18-27(26)23-12-10-11-22(19-23)20-33-28(35)30(32-29(33)31,24-13-4-2-5-14-24)25-15-6-3-7-16-25;27-21-14-9-15-22(18-21)30-25(34)29-16-7-8-17-32-23(33)26(31-24(32)28,19-10-3-1-4-11-19)20-12-5-2-6-13-20;2*1-5-14-7-6-8-17(13-14)21(2)18(19(28)27(4)20(25)26-21)15-9-11-16(12-10-15)22(3,23)24/h2-19H,20H2,1H3,(H2,31,32);1-6,9-15,18H,7-8,16-17H2,(H2,28,31)(H2,29,30,34);2*6-13,18H,5H2,1-4H3,(H2,25,26)/t;;18-,21+;18-,21-/m..01/s1. The Kier molecular flexibility index (Phi) is 27.7. The molecule has 0 unspecified atom stereocenters. The van der Waals surface area contributed by atoms with Gasteiger partial charge in [-0.3, -0.25) is 43.6 Å². The normalized spacial score (nSPS) is 18.3. The lowest BCUT2D eigenvalue weighted by molar-refractivity contribution is -0.131. The van der Waals surface area contributed by atoms with Crippen LogP contribution in [0.15, 0.2) is 311 Å². The summed E-state index contributed by atoms with van der Waals surface area (Å²) >= 11 is 5.93. The van der Waals surface area contributed by atoms with Crippen molar-refractivity contribution in [3.8, 4) is 11.1 Å². The van der Waals surface area contributed by atoms with E-state index in [0.29, 0.717) is 53.3 Å². The van der Waals surface area contributed by atoms with Gasteiger partial charge in [0.15, 0.2) is 40.7 Å². The summed E-state index contributed by atoms with van der Waals surface area (Å²) in [5, 5.41) is 6.10. The van der Waals surface area contributed by atoms with E-state index in [4.69, 9.17) is 39.5 Å². The van der Waals surface area contributed by atoms with Crippen LogP contribution < -0.4 is 33.6 Å². The summed E-state index contributed by atoms with van der Waals surface area (Å²) in [6, 6.07) is 87.6. The number of aryl methyl sites for hydroxylation is 2. The number of ketones is 1. The Morgan fingerprint density at radius 3 is 1.26 bits per heavy atom. The fraction of sp³-hybridized carbons (Fsp3) is 0.240. The fourth-order valence-electron chi connectivity index (χ4n) is 16.1. The molecule has 11 aromatic rings. The number of carbonyl (C=O) groups is 6. The van der Waals surface area contributed by atoms with Gasteiger partial charge >= 0.3 is 6.03 Å². The van der Waals surface area contributed by atoms with Gasteiger partial charge < -0.3 is 33.6 Å². The molecule has 0 saturated heterocycles. The minimum absolute atomic E-state index is 0.00704. The summed E-state index contributed by atoms with van der Waals surface area (Å²) in [5.41, 5.74) is 32.5. The predicted octanol–water partition coefficient (Wildman–Crippen LogP) is 17.8. The van der Waals surface area contributed by atoms with Crippen molar-refractivity contribution in [1.82, 2.24) is 24.9 Å². The molecule has 0 aliphatic carbocycles.